The highest BCUT2D eigenvalue weighted by Gasteiger charge is 2.18. The number of fused-ring (bicyclic) bond motifs is 3. The lowest BCUT2D eigenvalue weighted by Gasteiger charge is -2.10. The van der Waals surface area contributed by atoms with Crippen molar-refractivity contribution in [2.75, 3.05) is 19.5 Å². The van der Waals surface area contributed by atoms with Crippen LogP contribution < -0.4 is 15.6 Å². The number of esters is 1. The zero-order valence-electron chi connectivity index (χ0n) is 17.8. The molecule has 0 aliphatic carbocycles. The van der Waals surface area contributed by atoms with E-state index in [4.69, 9.17) is 9.47 Å². The molecule has 0 radical (unpaired) electrons. The van der Waals surface area contributed by atoms with Crippen LogP contribution in [0.3, 0.4) is 0 Å². The number of anilines is 1. The fourth-order valence-electron chi connectivity index (χ4n) is 3.54. The number of nitrogens with one attached hydrogen (secondary N) is 1. The Kier molecular flexibility index (Phi) is 5.59. The number of methoxy groups -OCH3 is 2. The standard InChI is InChI=1S/C22H21N5O5/c1-26-18-12-13(31-2)8-10-17(18)27-20(21(26)29)16(24-25-27)9-11-19(28)23-15-7-5-4-6-14(15)22(30)32-3/h4-8,10,12H,9,11H2,1-3H3,(H,23,28). The molecule has 0 atom stereocenters. The molecule has 2 heterocycles. The van der Waals surface area contributed by atoms with Gasteiger partial charge in [0, 0.05) is 26.0 Å². The molecule has 0 aliphatic heterocycles. The Hall–Kier alpha value is -4.21. The molecular weight excluding hydrogens is 414 g/mol. The number of amides is 1. The molecule has 1 N–H and O–H groups in total. The number of aromatic nitrogens is 4. The van der Waals surface area contributed by atoms with Crippen LogP contribution >= 0.6 is 0 Å². The van der Waals surface area contributed by atoms with Crippen molar-refractivity contribution >= 4 is 34.1 Å². The maximum absolute atomic E-state index is 13.0. The first-order chi connectivity index (χ1) is 15.4. The Morgan fingerprint density at radius 1 is 1.09 bits per heavy atom. The van der Waals surface area contributed by atoms with E-state index in [1.807, 2.05) is 0 Å². The first kappa shape index (κ1) is 21.0. The first-order valence-electron chi connectivity index (χ1n) is 9.82. The maximum atomic E-state index is 13.0. The highest BCUT2D eigenvalue weighted by Crippen LogP contribution is 2.21. The highest BCUT2D eigenvalue weighted by molar-refractivity contribution is 6.01. The summed E-state index contributed by atoms with van der Waals surface area (Å²) in [6, 6.07) is 11.9. The van der Waals surface area contributed by atoms with Gasteiger partial charge >= 0.3 is 5.97 Å². The van der Waals surface area contributed by atoms with Crippen LogP contribution in [0.2, 0.25) is 0 Å². The Bertz CT molecular complexity index is 1410. The molecule has 0 unspecified atom stereocenters. The minimum atomic E-state index is -0.544. The van der Waals surface area contributed by atoms with Crippen LogP contribution in [-0.2, 0) is 23.0 Å². The van der Waals surface area contributed by atoms with Crippen LogP contribution in [0.25, 0.3) is 16.6 Å². The van der Waals surface area contributed by atoms with Crippen molar-refractivity contribution < 1.29 is 19.1 Å². The average Bonchev–Trinajstić information content (AvgIpc) is 3.25. The minimum Gasteiger partial charge on any atom is -0.497 e. The van der Waals surface area contributed by atoms with Gasteiger partial charge in [0.2, 0.25) is 5.91 Å². The van der Waals surface area contributed by atoms with Gasteiger partial charge in [-0.3, -0.25) is 9.59 Å². The number of hydrogen-bond donors (Lipinski definition) is 1. The summed E-state index contributed by atoms with van der Waals surface area (Å²) in [4.78, 5) is 37.4. The third-order valence-corrected chi connectivity index (χ3v) is 5.21. The topological polar surface area (TPSA) is 117 Å². The first-order valence-corrected chi connectivity index (χ1v) is 9.82. The number of ether oxygens (including phenoxy) is 2. The Morgan fingerprint density at radius 3 is 2.62 bits per heavy atom. The van der Waals surface area contributed by atoms with Gasteiger partial charge < -0.3 is 19.4 Å². The number of para-hydroxylation sites is 1. The van der Waals surface area contributed by atoms with Crippen molar-refractivity contribution in [2.24, 2.45) is 7.05 Å². The van der Waals surface area contributed by atoms with Crippen molar-refractivity contribution in [3.63, 3.8) is 0 Å². The van der Waals surface area contributed by atoms with E-state index in [1.165, 1.54) is 16.2 Å². The predicted molar refractivity (Wildman–Crippen MR) is 117 cm³/mol. The van der Waals surface area contributed by atoms with Crippen LogP contribution in [0.4, 0.5) is 5.69 Å². The lowest BCUT2D eigenvalue weighted by Crippen LogP contribution is -2.21. The van der Waals surface area contributed by atoms with E-state index >= 15 is 0 Å². The molecule has 32 heavy (non-hydrogen) atoms. The number of benzene rings is 2. The van der Waals surface area contributed by atoms with E-state index < -0.39 is 5.97 Å². The van der Waals surface area contributed by atoms with Crippen LogP contribution in [0.15, 0.2) is 47.3 Å². The molecule has 0 fully saturated rings. The highest BCUT2D eigenvalue weighted by atomic mass is 16.5. The van der Waals surface area contributed by atoms with Crippen molar-refractivity contribution in [2.45, 2.75) is 12.8 Å². The minimum absolute atomic E-state index is 0.0493. The van der Waals surface area contributed by atoms with Crippen LogP contribution in [0.5, 0.6) is 5.75 Å². The van der Waals surface area contributed by atoms with Crippen molar-refractivity contribution in [3.8, 4) is 5.75 Å². The molecule has 4 rings (SSSR count). The van der Waals surface area contributed by atoms with E-state index in [0.29, 0.717) is 33.7 Å². The van der Waals surface area contributed by atoms with Crippen LogP contribution in [0, 0.1) is 0 Å². The number of aryl methyl sites for hydroxylation is 2. The molecule has 10 heteroatoms. The van der Waals surface area contributed by atoms with Gasteiger partial charge in [0.1, 0.15) is 5.75 Å². The number of carbonyl (C=O) groups excluding carboxylic acids is 2. The molecule has 0 spiro atoms. The third-order valence-electron chi connectivity index (χ3n) is 5.21. The lowest BCUT2D eigenvalue weighted by atomic mass is 10.1. The lowest BCUT2D eigenvalue weighted by molar-refractivity contribution is -0.116. The summed E-state index contributed by atoms with van der Waals surface area (Å²) in [7, 11) is 4.50. The van der Waals surface area contributed by atoms with Gasteiger partial charge in [-0.25, -0.2) is 9.31 Å². The van der Waals surface area contributed by atoms with E-state index in [1.54, 1.807) is 56.6 Å². The molecular formula is C22H21N5O5. The normalized spacial score (nSPS) is 11.0. The van der Waals surface area contributed by atoms with Crippen LogP contribution in [-0.4, -0.2) is 45.5 Å². The van der Waals surface area contributed by atoms with E-state index in [-0.39, 0.29) is 29.9 Å². The van der Waals surface area contributed by atoms with Gasteiger partial charge in [-0.05, 0) is 24.3 Å². The van der Waals surface area contributed by atoms with Gasteiger partial charge in [0.15, 0.2) is 5.52 Å². The zero-order chi connectivity index (χ0) is 22.8. The summed E-state index contributed by atoms with van der Waals surface area (Å²) in [5.41, 5.74) is 2.41. The van der Waals surface area contributed by atoms with Gasteiger partial charge in [-0.2, -0.15) is 0 Å². The molecule has 2 aromatic heterocycles. The van der Waals surface area contributed by atoms with Gasteiger partial charge in [-0.15, -0.1) is 5.10 Å². The van der Waals surface area contributed by atoms with Gasteiger partial charge in [0.05, 0.1) is 42.2 Å². The molecule has 0 bridgehead atoms. The number of carbonyl (C=O) groups is 2. The van der Waals surface area contributed by atoms with E-state index in [0.717, 1.165) is 0 Å². The molecule has 10 nitrogen and oxygen atoms in total. The van der Waals surface area contributed by atoms with Gasteiger partial charge in [0.25, 0.3) is 5.56 Å². The smallest absolute Gasteiger partial charge is 0.339 e. The summed E-state index contributed by atoms with van der Waals surface area (Å²) in [6.07, 6.45) is 0.250. The fraction of sp³-hybridized carbons (Fsp3) is 0.227. The SMILES string of the molecule is COC(=O)c1ccccc1NC(=O)CCc1nnn2c1c(=O)n(C)c1cc(OC)ccc12. The number of hydrogen-bond acceptors (Lipinski definition) is 7. The van der Waals surface area contributed by atoms with Crippen molar-refractivity contribution in [3.05, 3.63) is 64.1 Å². The third kappa shape index (κ3) is 3.66. The average molecular weight is 435 g/mol. The Balaban J connectivity index is 1.60. The quantitative estimate of drug-likeness (QED) is 0.460. The summed E-state index contributed by atoms with van der Waals surface area (Å²) < 4.78 is 13.0. The van der Waals surface area contributed by atoms with E-state index in [2.05, 4.69) is 15.6 Å². The van der Waals surface area contributed by atoms with Crippen molar-refractivity contribution in [1.82, 2.24) is 19.4 Å². The van der Waals surface area contributed by atoms with Crippen LogP contribution in [0.1, 0.15) is 22.5 Å². The molecule has 164 valence electrons. The summed E-state index contributed by atoms with van der Waals surface area (Å²) >= 11 is 0. The fourth-order valence-corrected chi connectivity index (χ4v) is 3.54. The zero-order valence-corrected chi connectivity index (χ0v) is 17.8. The predicted octanol–water partition coefficient (Wildman–Crippen LogP) is 1.95. The van der Waals surface area contributed by atoms with Crippen molar-refractivity contribution in [1.29, 1.82) is 0 Å². The number of nitrogens with zero attached hydrogens (tertiary/aromatic N) is 4. The van der Waals surface area contributed by atoms with E-state index in [9.17, 15) is 14.4 Å². The molecule has 0 aliphatic rings. The summed E-state index contributed by atoms with van der Waals surface area (Å²) in [5.74, 6) is -0.252. The monoisotopic (exact) mass is 435 g/mol. The maximum Gasteiger partial charge on any atom is 0.339 e. The Morgan fingerprint density at radius 2 is 1.88 bits per heavy atom. The molecule has 1 amide bonds. The summed E-state index contributed by atoms with van der Waals surface area (Å²) in [6.45, 7) is 0. The molecule has 0 saturated carbocycles. The molecule has 0 saturated heterocycles. The largest absolute Gasteiger partial charge is 0.497 e. The second-order valence-electron chi connectivity index (χ2n) is 7.10. The number of rotatable bonds is 6. The Labute approximate surface area is 182 Å². The summed E-state index contributed by atoms with van der Waals surface area (Å²) in [5, 5.41) is 11.0. The second-order valence-corrected chi connectivity index (χ2v) is 7.10. The van der Waals surface area contributed by atoms with Gasteiger partial charge in [-0.1, -0.05) is 17.3 Å². The molecule has 2 aromatic carbocycles. The second kappa shape index (κ2) is 8.50. The molecule has 4 aromatic rings.